The molecule has 18 heavy (non-hydrogen) atoms. The number of esters is 1. The van der Waals surface area contributed by atoms with E-state index in [2.05, 4.69) is 0 Å². The molecular formula is C14H21NO3. The van der Waals surface area contributed by atoms with Crippen LogP contribution in [0, 0.1) is 6.92 Å². The summed E-state index contributed by atoms with van der Waals surface area (Å²) in [6.45, 7) is 4.53. The molecule has 0 aliphatic rings. The van der Waals surface area contributed by atoms with Crippen molar-refractivity contribution in [3.63, 3.8) is 0 Å². The van der Waals surface area contributed by atoms with E-state index in [4.69, 9.17) is 4.74 Å². The molecule has 0 spiro atoms. The lowest BCUT2D eigenvalue weighted by Crippen LogP contribution is -2.31. The molecule has 0 saturated heterocycles. The lowest BCUT2D eigenvalue weighted by Gasteiger charge is -2.22. The maximum atomic E-state index is 11.2. The Kier molecular flexibility index (Phi) is 5.65. The number of rotatable bonds is 6. The van der Waals surface area contributed by atoms with Crippen LogP contribution in [-0.2, 0) is 9.53 Å². The van der Waals surface area contributed by atoms with E-state index in [0.29, 0.717) is 13.2 Å². The largest absolute Gasteiger partial charge is 0.466 e. The predicted octanol–water partition coefficient (Wildman–Crippen LogP) is 1.75. The van der Waals surface area contributed by atoms with E-state index in [1.807, 2.05) is 43.1 Å². The fraction of sp³-hybridized carbons (Fsp3) is 0.500. The Morgan fingerprint density at radius 1 is 1.39 bits per heavy atom. The first-order valence-corrected chi connectivity index (χ1v) is 6.14. The summed E-state index contributed by atoms with van der Waals surface area (Å²) in [6.07, 6.45) is -0.681. The summed E-state index contributed by atoms with van der Waals surface area (Å²) in [5.74, 6) is -0.359. The second-order valence-corrected chi connectivity index (χ2v) is 4.38. The van der Waals surface area contributed by atoms with Gasteiger partial charge in [0.2, 0.25) is 0 Å². The SMILES string of the molecule is CCOC(=O)CC(O)CN(C)c1ccc(C)cc1. The topological polar surface area (TPSA) is 49.8 Å². The first-order valence-electron chi connectivity index (χ1n) is 6.14. The summed E-state index contributed by atoms with van der Waals surface area (Å²) in [5, 5.41) is 9.79. The Morgan fingerprint density at radius 2 is 2.00 bits per heavy atom. The van der Waals surface area contributed by atoms with Crippen molar-refractivity contribution in [3.8, 4) is 0 Å². The van der Waals surface area contributed by atoms with Crippen LogP contribution in [-0.4, -0.2) is 37.4 Å². The normalized spacial score (nSPS) is 12.0. The van der Waals surface area contributed by atoms with Crippen LogP contribution in [0.5, 0.6) is 0 Å². The Bertz CT molecular complexity index is 375. The standard InChI is InChI=1S/C14H21NO3/c1-4-18-14(17)9-13(16)10-15(3)12-7-5-11(2)6-8-12/h5-8,13,16H,4,9-10H2,1-3H3. The van der Waals surface area contributed by atoms with Crippen LogP contribution in [0.4, 0.5) is 5.69 Å². The van der Waals surface area contributed by atoms with Crippen LogP contribution >= 0.6 is 0 Å². The van der Waals surface area contributed by atoms with Crippen LogP contribution in [0.2, 0.25) is 0 Å². The van der Waals surface area contributed by atoms with Crippen LogP contribution < -0.4 is 4.90 Å². The number of aryl methyl sites for hydroxylation is 1. The second-order valence-electron chi connectivity index (χ2n) is 4.38. The summed E-state index contributed by atoms with van der Waals surface area (Å²) >= 11 is 0. The van der Waals surface area contributed by atoms with Crippen LogP contribution in [0.1, 0.15) is 18.9 Å². The van der Waals surface area contributed by atoms with Crippen LogP contribution in [0.3, 0.4) is 0 Å². The molecule has 0 aliphatic heterocycles. The number of hydrogen-bond acceptors (Lipinski definition) is 4. The molecule has 0 amide bonds. The first-order chi connectivity index (χ1) is 8.52. The fourth-order valence-electron chi connectivity index (χ4n) is 1.70. The number of anilines is 1. The fourth-order valence-corrected chi connectivity index (χ4v) is 1.70. The van der Waals surface area contributed by atoms with Crippen molar-refractivity contribution in [1.82, 2.24) is 0 Å². The average molecular weight is 251 g/mol. The zero-order valence-electron chi connectivity index (χ0n) is 11.2. The van der Waals surface area contributed by atoms with Gasteiger partial charge in [-0.3, -0.25) is 4.79 Å². The highest BCUT2D eigenvalue weighted by atomic mass is 16.5. The van der Waals surface area contributed by atoms with Gasteiger partial charge in [0, 0.05) is 19.3 Å². The van der Waals surface area contributed by atoms with E-state index in [9.17, 15) is 9.90 Å². The summed E-state index contributed by atoms with van der Waals surface area (Å²) in [5.41, 5.74) is 2.21. The molecule has 4 nitrogen and oxygen atoms in total. The third-order valence-corrected chi connectivity index (χ3v) is 2.67. The van der Waals surface area contributed by atoms with Gasteiger partial charge in [0.25, 0.3) is 0 Å². The summed E-state index contributed by atoms with van der Waals surface area (Å²) < 4.78 is 4.80. The number of aliphatic hydroxyl groups excluding tert-OH is 1. The molecule has 0 aliphatic carbocycles. The highest BCUT2D eigenvalue weighted by Gasteiger charge is 2.14. The third-order valence-electron chi connectivity index (χ3n) is 2.67. The predicted molar refractivity (Wildman–Crippen MR) is 71.7 cm³/mol. The third kappa shape index (κ3) is 4.75. The molecular weight excluding hydrogens is 230 g/mol. The minimum Gasteiger partial charge on any atom is -0.466 e. The van der Waals surface area contributed by atoms with Crippen molar-refractivity contribution in [1.29, 1.82) is 0 Å². The Balaban J connectivity index is 2.46. The van der Waals surface area contributed by atoms with E-state index in [1.54, 1.807) is 6.92 Å². The summed E-state index contributed by atoms with van der Waals surface area (Å²) in [7, 11) is 1.89. The number of ether oxygens (including phenoxy) is 1. The van der Waals surface area contributed by atoms with Gasteiger partial charge < -0.3 is 14.7 Å². The number of benzene rings is 1. The molecule has 1 rings (SSSR count). The Labute approximate surface area is 108 Å². The van der Waals surface area contributed by atoms with E-state index in [-0.39, 0.29) is 12.4 Å². The zero-order valence-corrected chi connectivity index (χ0v) is 11.2. The van der Waals surface area contributed by atoms with Gasteiger partial charge in [-0.25, -0.2) is 0 Å². The maximum absolute atomic E-state index is 11.2. The van der Waals surface area contributed by atoms with E-state index in [0.717, 1.165) is 5.69 Å². The molecule has 1 unspecified atom stereocenters. The van der Waals surface area contributed by atoms with Crippen molar-refractivity contribution in [2.24, 2.45) is 0 Å². The van der Waals surface area contributed by atoms with E-state index >= 15 is 0 Å². The van der Waals surface area contributed by atoms with Crippen LogP contribution in [0.25, 0.3) is 0 Å². The van der Waals surface area contributed by atoms with Gasteiger partial charge in [-0.2, -0.15) is 0 Å². The smallest absolute Gasteiger partial charge is 0.308 e. The van der Waals surface area contributed by atoms with Crippen molar-refractivity contribution in [3.05, 3.63) is 29.8 Å². The van der Waals surface area contributed by atoms with E-state index in [1.165, 1.54) is 5.56 Å². The molecule has 0 heterocycles. The molecule has 100 valence electrons. The van der Waals surface area contributed by atoms with Crippen molar-refractivity contribution >= 4 is 11.7 Å². The first kappa shape index (κ1) is 14.5. The summed E-state index contributed by atoms with van der Waals surface area (Å²) in [6, 6.07) is 8.02. The van der Waals surface area contributed by atoms with Gasteiger partial charge in [0.1, 0.15) is 0 Å². The van der Waals surface area contributed by atoms with Gasteiger partial charge in [-0.05, 0) is 26.0 Å². The monoisotopic (exact) mass is 251 g/mol. The molecule has 1 N–H and O–H groups in total. The van der Waals surface area contributed by atoms with Crippen LogP contribution in [0.15, 0.2) is 24.3 Å². The van der Waals surface area contributed by atoms with Gasteiger partial charge in [0.05, 0.1) is 19.1 Å². The molecule has 0 fully saturated rings. The number of carbonyl (C=O) groups is 1. The second kappa shape index (κ2) is 7.01. The van der Waals surface area contributed by atoms with Gasteiger partial charge in [0.15, 0.2) is 0 Å². The molecule has 4 heteroatoms. The highest BCUT2D eigenvalue weighted by molar-refractivity contribution is 5.70. The minimum absolute atomic E-state index is 0.0318. The summed E-state index contributed by atoms with van der Waals surface area (Å²) in [4.78, 5) is 13.1. The van der Waals surface area contributed by atoms with Crippen molar-refractivity contribution in [2.45, 2.75) is 26.4 Å². The molecule has 1 aromatic carbocycles. The molecule has 0 bridgehead atoms. The lowest BCUT2D eigenvalue weighted by atomic mass is 10.2. The van der Waals surface area contributed by atoms with Crippen molar-refractivity contribution in [2.75, 3.05) is 25.1 Å². The average Bonchev–Trinajstić information content (AvgIpc) is 2.29. The molecule has 1 atom stereocenters. The zero-order chi connectivity index (χ0) is 13.5. The molecule has 1 aromatic rings. The van der Waals surface area contributed by atoms with Gasteiger partial charge in [-0.15, -0.1) is 0 Å². The minimum atomic E-state index is -0.713. The maximum Gasteiger partial charge on any atom is 0.308 e. The number of aliphatic hydroxyl groups is 1. The van der Waals surface area contributed by atoms with E-state index < -0.39 is 6.10 Å². The van der Waals surface area contributed by atoms with Crippen molar-refractivity contribution < 1.29 is 14.6 Å². The lowest BCUT2D eigenvalue weighted by molar-refractivity contribution is -0.145. The number of nitrogens with zero attached hydrogens (tertiary/aromatic N) is 1. The molecule has 0 saturated carbocycles. The number of carbonyl (C=O) groups excluding carboxylic acids is 1. The quantitative estimate of drug-likeness (QED) is 0.782. The van der Waals surface area contributed by atoms with Gasteiger partial charge in [-0.1, -0.05) is 17.7 Å². The highest BCUT2D eigenvalue weighted by Crippen LogP contribution is 2.14. The number of likely N-dealkylation sites (N-methyl/N-ethyl adjacent to an activating group) is 1. The number of hydrogen-bond donors (Lipinski definition) is 1. The Morgan fingerprint density at radius 3 is 2.56 bits per heavy atom. The van der Waals surface area contributed by atoms with Gasteiger partial charge >= 0.3 is 5.97 Å². The molecule has 0 radical (unpaired) electrons. The molecule has 0 aromatic heterocycles. The Hall–Kier alpha value is -1.55.